The molecule has 0 amide bonds. The highest BCUT2D eigenvalue weighted by Crippen LogP contribution is 2.11. The second kappa shape index (κ2) is 2.58. The first kappa shape index (κ1) is 7.54. The van der Waals surface area contributed by atoms with Crippen LogP contribution in [0.15, 0.2) is 0 Å². The van der Waals surface area contributed by atoms with Crippen LogP contribution < -0.4 is 0 Å². The van der Waals surface area contributed by atoms with E-state index in [0.717, 1.165) is 0 Å². The van der Waals surface area contributed by atoms with Gasteiger partial charge in [0.15, 0.2) is 0 Å². The van der Waals surface area contributed by atoms with Gasteiger partial charge in [-0.2, -0.15) is 0 Å². The molecule has 1 heterocycles. The summed E-state index contributed by atoms with van der Waals surface area (Å²) in [5.41, 5.74) is 0. The van der Waals surface area contributed by atoms with Crippen molar-refractivity contribution in [1.82, 2.24) is 4.90 Å². The van der Waals surface area contributed by atoms with Crippen LogP contribution >= 0.6 is 0 Å². The van der Waals surface area contributed by atoms with Gasteiger partial charge in [0.25, 0.3) is 0 Å². The van der Waals surface area contributed by atoms with Crippen LogP contribution in [0.4, 0.5) is 0 Å². The molecule has 1 rings (SSSR count). The zero-order valence-electron chi connectivity index (χ0n) is 6.46. The van der Waals surface area contributed by atoms with Crippen molar-refractivity contribution in [1.29, 1.82) is 5.41 Å². The summed E-state index contributed by atoms with van der Waals surface area (Å²) >= 11 is 0. The van der Waals surface area contributed by atoms with Crippen molar-refractivity contribution in [2.24, 2.45) is 5.92 Å². The normalized spacial score (nSPS) is 19.4. The summed E-state index contributed by atoms with van der Waals surface area (Å²) in [7, 11) is 0. The maximum Gasteiger partial charge on any atom is 0.0985 e. The highest BCUT2D eigenvalue weighted by atomic mass is 16.3. The molecule has 1 saturated heterocycles. The Morgan fingerprint density at radius 2 is 2.10 bits per heavy atom. The van der Waals surface area contributed by atoms with Crippen molar-refractivity contribution < 1.29 is 5.11 Å². The van der Waals surface area contributed by atoms with Gasteiger partial charge in [0.1, 0.15) is 0 Å². The molecule has 1 aliphatic rings. The van der Waals surface area contributed by atoms with Crippen molar-refractivity contribution in [2.75, 3.05) is 13.1 Å². The summed E-state index contributed by atoms with van der Waals surface area (Å²) in [6.07, 6.45) is -0.195. The van der Waals surface area contributed by atoms with Gasteiger partial charge in [-0.25, -0.2) is 0 Å². The molecule has 0 atom stereocenters. The van der Waals surface area contributed by atoms with E-state index >= 15 is 0 Å². The number of hydrogen-bond donors (Lipinski definition) is 2. The topological polar surface area (TPSA) is 47.3 Å². The third-order valence-corrected chi connectivity index (χ3v) is 1.75. The quantitative estimate of drug-likeness (QED) is 0.408. The third-order valence-electron chi connectivity index (χ3n) is 1.75. The first-order valence-corrected chi connectivity index (χ1v) is 3.62. The summed E-state index contributed by atoms with van der Waals surface area (Å²) in [6, 6.07) is 0. The van der Waals surface area contributed by atoms with Crippen LogP contribution in [-0.2, 0) is 0 Å². The number of nitrogens with zero attached hydrogens (tertiary/aromatic N) is 1. The highest BCUT2D eigenvalue weighted by Gasteiger charge is 2.27. The molecule has 0 saturated carbocycles. The lowest BCUT2D eigenvalue weighted by molar-refractivity contribution is 0.0434. The molecule has 10 heavy (non-hydrogen) atoms. The van der Waals surface area contributed by atoms with E-state index in [1.165, 1.54) is 0 Å². The van der Waals surface area contributed by atoms with E-state index in [0.29, 0.717) is 18.9 Å². The Bertz CT molecular complexity index is 139. The smallest absolute Gasteiger partial charge is 0.0985 e. The number of aliphatic hydroxyl groups excluding tert-OH is 1. The molecule has 1 aliphatic heterocycles. The second-order valence-electron chi connectivity index (χ2n) is 3.10. The van der Waals surface area contributed by atoms with E-state index in [-0.39, 0.29) is 12.0 Å². The average Bonchev–Trinajstić information content (AvgIpc) is 1.79. The van der Waals surface area contributed by atoms with Crippen molar-refractivity contribution in [3.8, 4) is 0 Å². The average molecular weight is 142 g/mol. The first-order chi connectivity index (χ1) is 4.61. The molecule has 0 bridgehead atoms. The monoisotopic (exact) mass is 142 g/mol. The van der Waals surface area contributed by atoms with Gasteiger partial charge in [-0.15, -0.1) is 0 Å². The molecule has 0 radical (unpaired) electrons. The van der Waals surface area contributed by atoms with Crippen molar-refractivity contribution in [3.63, 3.8) is 0 Å². The number of nitrogens with one attached hydrogen (secondary N) is 1. The third kappa shape index (κ3) is 1.29. The summed E-state index contributed by atoms with van der Waals surface area (Å²) in [6.45, 7) is 5.29. The lowest BCUT2D eigenvalue weighted by Crippen LogP contribution is -2.54. The number of rotatable bonds is 1. The lowest BCUT2D eigenvalue weighted by Gasteiger charge is -2.39. The Morgan fingerprint density at radius 1 is 1.60 bits per heavy atom. The molecule has 0 aromatic carbocycles. The predicted molar refractivity (Wildman–Crippen MR) is 40.1 cm³/mol. The minimum atomic E-state index is -0.195. The predicted octanol–water partition coefficient (Wildman–Crippen LogP) is 0.296. The van der Waals surface area contributed by atoms with Crippen LogP contribution in [0.5, 0.6) is 0 Å². The van der Waals surface area contributed by atoms with Gasteiger partial charge in [0.2, 0.25) is 0 Å². The van der Waals surface area contributed by atoms with E-state index < -0.39 is 0 Å². The molecule has 1 fully saturated rings. The van der Waals surface area contributed by atoms with Crippen LogP contribution in [-0.4, -0.2) is 35.0 Å². The van der Waals surface area contributed by atoms with Crippen LogP contribution in [0.2, 0.25) is 0 Å². The second-order valence-corrected chi connectivity index (χ2v) is 3.10. The number of likely N-dealkylation sites (tertiary alicyclic amines) is 1. The standard InChI is InChI=1S/C7H14N2O/c1-5(2)7(8)9-3-6(10)4-9/h5-6,8,10H,3-4H2,1-2H3. The Labute approximate surface area is 61.2 Å². The van der Waals surface area contributed by atoms with Crippen molar-refractivity contribution in [3.05, 3.63) is 0 Å². The minimum absolute atomic E-state index is 0.195. The van der Waals surface area contributed by atoms with E-state index in [9.17, 15) is 0 Å². The van der Waals surface area contributed by atoms with E-state index in [4.69, 9.17) is 10.5 Å². The van der Waals surface area contributed by atoms with Gasteiger partial charge < -0.3 is 10.0 Å². The van der Waals surface area contributed by atoms with Crippen molar-refractivity contribution in [2.45, 2.75) is 20.0 Å². The van der Waals surface area contributed by atoms with Crippen molar-refractivity contribution >= 4 is 5.84 Å². The van der Waals surface area contributed by atoms with Gasteiger partial charge in [-0.3, -0.25) is 5.41 Å². The van der Waals surface area contributed by atoms with Crippen LogP contribution in [0.1, 0.15) is 13.8 Å². The number of aliphatic hydroxyl groups is 1. The Kier molecular flexibility index (Phi) is 1.94. The first-order valence-electron chi connectivity index (χ1n) is 3.62. The molecule has 2 N–H and O–H groups in total. The zero-order valence-corrected chi connectivity index (χ0v) is 6.46. The molecule has 0 aromatic rings. The number of amidine groups is 1. The molecule has 0 aliphatic carbocycles. The molecular formula is C7H14N2O. The Morgan fingerprint density at radius 3 is 2.40 bits per heavy atom. The summed E-state index contributed by atoms with van der Waals surface area (Å²) in [5, 5.41) is 16.4. The fourth-order valence-electron chi connectivity index (χ4n) is 1.02. The van der Waals surface area contributed by atoms with Gasteiger partial charge >= 0.3 is 0 Å². The lowest BCUT2D eigenvalue weighted by atomic mass is 10.1. The molecule has 0 aromatic heterocycles. The maximum atomic E-state index is 8.91. The van der Waals surface area contributed by atoms with Gasteiger partial charge in [0, 0.05) is 19.0 Å². The largest absolute Gasteiger partial charge is 0.389 e. The molecule has 3 heteroatoms. The van der Waals surface area contributed by atoms with E-state index in [2.05, 4.69) is 0 Å². The summed E-state index contributed by atoms with van der Waals surface area (Å²) in [4.78, 5) is 1.90. The van der Waals surface area contributed by atoms with Gasteiger partial charge in [0.05, 0.1) is 11.9 Å². The fourth-order valence-corrected chi connectivity index (χ4v) is 1.02. The van der Waals surface area contributed by atoms with Crippen LogP contribution in [0.25, 0.3) is 0 Å². The molecule has 0 spiro atoms. The van der Waals surface area contributed by atoms with Gasteiger partial charge in [-0.05, 0) is 0 Å². The fraction of sp³-hybridized carbons (Fsp3) is 0.857. The summed E-state index contributed by atoms with van der Waals surface area (Å²) in [5.74, 6) is 0.929. The van der Waals surface area contributed by atoms with E-state index in [1.807, 2.05) is 18.7 Å². The molecular weight excluding hydrogens is 128 g/mol. The Hall–Kier alpha value is -0.570. The Balaban J connectivity index is 2.31. The number of β-amino-alcohol motifs (C(OH)–C–C–N with tert-alkyl or cyclic N) is 1. The minimum Gasteiger partial charge on any atom is -0.389 e. The van der Waals surface area contributed by atoms with Gasteiger partial charge in [-0.1, -0.05) is 13.8 Å². The zero-order chi connectivity index (χ0) is 7.72. The highest BCUT2D eigenvalue weighted by molar-refractivity contribution is 5.81. The van der Waals surface area contributed by atoms with Crippen LogP contribution in [0, 0.1) is 11.3 Å². The number of hydrogen-bond acceptors (Lipinski definition) is 2. The molecule has 0 unspecified atom stereocenters. The van der Waals surface area contributed by atoms with E-state index in [1.54, 1.807) is 0 Å². The molecule has 58 valence electrons. The van der Waals surface area contributed by atoms with Crippen LogP contribution in [0.3, 0.4) is 0 Å². The molecule has 3 nitrogen and oxygen atoms in total. The summed E-state index contributed by atoms with van der Waals surface area (Å²) < 4.78 is 0. The SMILES string of the molecule is CC(C)C(=N)N1CC(O)C1. The maximum absolute atomic E-state index is 8.91.